The smallest absolute Gasteiger partial charge is 0.441 e. The van der Waals surface area contributed by atoms with Crippen LogP contribution in [0, 0.1) is 0 Å². The Morgan fingerprint density at radius 2 is 2.24 bits per heavy atom. The standard InChI is InChI=1S/C7H9F3N4O2S/c1-2-16-6(15)5-11-12-13-14(5)3-4-17-7(8,9)10/h2-4H2,1H3. The Labute approximate surface area is 98.5 Å². The molecule has 0 saturated carbocycles. The molecule has 0 radical (unpaired) electrons. The number of aryl methyl sites for hydroxylation is 1. The van der Waals surface area contributed by atoms with Gasteiger partial charge >= 0.3 is 11.5 Å². The summed E-state index contributed by atoms with van der Waals surface area (Å²) < 4.78 is 41.2. The van der Waals surface area contributed by atoms with Gasteiger partial charge in [-0.2, -0.15) is 13.2 Å². The van der Waals surface area contributed by atoms with E-state index in [0.717, 1.165) is 4.68 Å². The molecule has 0 aromatic carbocycles. The molecule has 0 aliphatic heterocycles. The van der Waals surface area contributed by atoms with Gasteiger partial charge in [0.15, 0.2) is 0 Å². The summed E-state index contributed by atoms with van der Waals surface area (Å²) in [5, 5.41) is 10.0. The summed E-state index contributed by atoms with van der Waals surface area (Å²) in [5.74, 6) is -1.23. The highest BCUT2D eigenvalue weighted by molar-refractivity contribution is 8.00. The van der Waals surface area contributed by atoms with Gasteiger partial charge in [-0.3, -0.25) is 0 Å². The lowest BCUT2D eigenvalue weighted by atomic mass is 10.6. The van der Waals surface area contributed by atoms with Gasteiger partial charge in [0.05, 0.1) is 13.2 Å². The van der Waals surface area contributed by atoms with Crippen LogP contribution in [0.1, 0.15) is 17.5 Å². The molecule has 0 aliphatic rings. The van der Waals surface area contributed by atoms with Crippen molar-refractivity contribution < 1.29 is 22.7 Å². The first-order valence-electron chi connectivity index (χ1n) is 4.58. The number of carbonyl (C=O) groups is 1. The van der Waals surface area contributed by atoms with Crippen LogP contribution in [-0.4, -0.2) is 44.0 Å². The van der Waals surface area contributed by atoms with Crippen LogP contribution in [-0.2, 0) is 11.3 Å². The van der Waals surface area contributed by atoms with Crippen molar-refractivity contribution >= 4 is 17.7 Å². The average Bonchev–Trinajstić information content (AvgIpc) is 2.64. The zero-order chi connectivity index (χ0) is 12.9. The van der Waals surface area contributed by atoms with Gasteiger partial charge in [0.1, 0.15) is 0 Å². The van der Waals surface area contributed by atoms with Crippen LogP contribution < -0.4 is 0 Å². The van der Waals surface area contributed by atoms with E-state index in [4.69, 9.17) is 0 Å². The van der Waals surface area contributed by atoms with Crippen molar-refractivity contribution in [1.29, 1.82) is 0 Å². The van der Waals surface area contributed by atoms with Gasteiger partial charge in [0, 0.05) is 5.75 Å². The number of hydrogen-bond acceptors (Lipinski definition) is 6. The topological polar surface area (TPSA) is 69.9 Å². The summed E-state index contributed by atoms with van der Waals surface area (Å²) in [5.41, 5.74) is -4.31. The highest BCUT2D eigenvalue weighted by Gasteiger charge is 2.28. The maximum absolute atomic E-state index is 11.9. The molecule has 0 N–H and O–H groups in total. The van der Waals surface area contributed by atoms with Gasteiger partial charge in [0.25, 0.3) is 5.82 Å². The lowest BCUT2D eigenvalue weighted by Gasteiger charge is -2.06. The number of ether oxygens (including phenoxy) is 1. The molecule has 1 heterocycles. The van der Waals surface area contributed by atoms with Crippen molar-refractivity contribution in [3.63, 3.8) is 0 Å². The summed E-state index contributed by atoms with van der Waals surface area (Å²) in [6, 6.07) is 0. The van der Waals surface area contributed by atoms with Crippen molar-refractivity contribution in [2.75, 3.05) is 12.4 Å². The number of tetrazole rings is 1. The minimum Gasteiger partial charge on any atom is -0.460 e. The second-order valence-corrected chi connectivity index (χ2v) is 3.90. The normalized spacial score (nSPS) is 11.5. The van der Waals surface area contributed by atoms with Crippen molar-refractivity contribution in [1.82, 2.24) is 20.2 Å². The molecule has 0 saturated heterocycles. The van der Waals surface area contributed by atoms with Crippen molar-refractivity contribution in [2.24, 2.45) is 0 Å². The third-order valence-electron chi connectivity index (χ3n) is 1.56. The molecule has 0 spiro atoms. The Morgan fingerprint density at radius 3 is 2.82 bits per heavy atom. The minimum absolute atomic E-state index is 0.120. The van der Waals surface area contributed by atoms with E-state index in [0.29, 0.717) is 0 Å². The number of thioether (sulfide) groups is 1. The van der Waals surface area contributed by atoms with Gasteiger partial charge in [0.2, 0.25) is 0 Å². The van der Waals surface area contributed by atoms with Crippen molar-refractivity contribution in [3.8, 4) is 0 Å². The van der Waals surface area contributed by atoms with Gasteiger partial charge in [-0.1, -0.05) is 0 Å². The number of rotatable bonds is 5. The molecule has 10 heteroatoms. The number of carbonyl (C=O) groups excluding carboxylic acids is 1. The summed E-state index contributed by atoms with van der Waals surface area (Å²) in [7, 11) is 0. The molecule has 0 amide bonds. The molecule has 1 aromatic heterocycles. The third kappa shape index (κ3) is 4.59. The molecule has 0 aliphatic carbocycles. The minimum atomic E-state index is -4.31. The molecule has 0 bridgehead atoms. The lowest BCUT2D eigenvalue weighted by Crippen LogP contribution is -2.16. The van der Waals surface area contributed by atoms with Crippen molar-refractivity contribution in [3.05, 3.63) is 5.82 Å². The van der Waals surface area contributed by atoms with E-state index in [2.05, 4.69) is 20.3 Å². The Balaban J connectivity index is 2.54. The van der Waals surface area contributed by atoms with Crippen LogP contribution in [0.5, 0.6) is 0 Å². The summed E-state index contributed by atoms with van der Waals surface area (Å²) >= 11 is -0.203. The van der Waals surface area contributed by atoms with Gasteiger partial charge in [-0.05, 0) is 29.1 Å². The number of hydrogen-bond donors (Lipinski definition) is 0. The molecule has 96 valence electrons. The van der Waals surface area contributed by atoms with Crippen LogP contribution in [0.3, 0.4) is 0 Å². The lowest BCUT2D eigenvalue weighted by molar-refractivity contribution is -0.0328. The summed E-state index contributed by atoms with van der Waals surface area (Å²) in [6.45, 7) is 1.62. The van der Waals surface area contributed by atoms with E-state index >= 15 is 0 Å². The Kier molecular flexibility index (Phi) is 4.73. The van der Waals surface area contributed by atoms with E-state index in [-0.39, 0.29) is 36.5 Å². The number of esters is 1. The van der Waals surface area contributed by atoms with Crippen molar-refractivity contribution in [2.45, 2.75) is 19.0 Å². The number of alkyl halides is 3. The maximum atomic E-state index is 11.9. The molecule has 6 nitrogen and oxygen atoms in total. The van der Waals surface area contributed by atoms with Crippen LogP contribution in [0.15, 0.2) is 0 Å². The Morgan fingerprint density at radius 1 is 1.53 bits per heavy atom. The fourth-order valence-corrected chi connectivity index (χ4v) is 1.44. The second kappa shape index (κ2) is 5.84. The monoisotopic (exact) mass is 270 g/mol. The predicted molar refractivity (Wildman–Crippen MR) is 52.3 cm³/mol. The number of nitrogens with zero attached hydrogens (tertiary/aromatic N) is 4. The highest BCUT2D eigenvalue weighted by Crippen LogP contribution is 2.29. The first kappa shape index (κ1) is 13.7. The van der Waals surface area contributed by atoms with E-state index in [9.17, 15) is 18.0 Å². The molecule has 0 atom stereocenters. The first-order chi connectivity index (χ1) is 7.94. The number of halogens is 3. The average molecular weight is 270 g/mol. The maximum Gasteiger partial charge on any atom is 0.441 e. The van der Waals surface area contributed by atoms with E-state index in [1.54, 1.807) is 6.92 Å². The molecular weight excluding hydrogens is 261 g/mol. The Hall–Kier alpha value is -1.32. The van der Waals surface area contributed by atoms with Crippen LogP contribution in [0.2, 0.25) is 0 Å². The molecular formula is C7H9F3N4O2S. The fraction of sp³-hybridized carbons (Fsp3) is 0.714. The molecule has 1 rings (SSSR count). The zero-order valence-corrected chi connectivity index (χ0v) is 9.59. The van der Waals surface area contributed by atoms with E-state index < -0.39 is 11.5 Å². The highest BCUT2D eigenvalue weighted by atomic mass is 32.2. The fourth-order valence-electron chi connectivity index (χ4n) is 0.945. The van der Waals surface area contributed by atoms with E-state index in [1.807, 2.05) is 0 Å². The SMILES string of the molecule is CCOC(=O)c1nnnn1CCSC(F)(F)F. The first-order valence-corrected chi connectivity index (χ1v) is 5.56. The van der Waals surface area contributed by atoms with Gasteiger partial charge < -0.3 is 4.74 Å². The molecule has 0 unspecified atom stereocenters. The predicted octanol–water partition coefficient (Wildman–Crippen LogP) is 1.10. The summed E-state index contributed by atoms with van der Waals surface area (Å²) in [4.78, 5) is 11.3. The second-order valence-electron chi connectivity index (χ2n) is 2.74. The van der Waals surface area contributed by atoms with Gasteiger partial charge in [-0.15, -0.1) is 5.10 Å². The molecule has 1 aromatic rings. The third-order valence-corrected chi connectivity index (χ3v) is 2.27. The van der Waals surface area contributed by atoms with E-state index in [1.165, 1.54) is 0 Å². The van der Waals surface area contributed by atoms with Crippen LogP contribution >= 0.6 is 11.8 Å². The summed E-state index contributed by atoms with van der Waals surface area (Å²) in [6.07, 6.45) is 0. The Bertz CT molecular complexity index is 381. The molecule has 0 fully saturated rings. The quantitative estimate of drug-likeness (QED) is 0.746. The zero-order valence-electron chi connectivity index (χ0n) is 8.77. The van der Waals surface area contributed by atoms with Gasteiger partial charge in [-0.25, -0.2) is 9.48 Å². The van der Waals surface area contributed by atoms with Crippen LogP contribution in [0.4, 0.5) is 13.2 Å². The number of aromatic nitrogens is 4. The molecule has 17 heavy (non-hydrogen) atoms. The van der Waals surface area contributed by atoms with Crippen LogP contribution in [0.25, 0.3) is 0 Å². The largest absolute Gasteiger partial charge is 0.460 e.